The van der Waals surface area contributed by atoms with Crippen LogP contribution in [-0.4, -0.2) is 44.8 Å². The number of ether oxygens (including phenoxy) is 1. The fraction of sp³-hybridized carbons (Fsp3) is 1.00. The largest absolute Gasteiger partial charge is 0.384 e. The van der Waals surface area contributed by atoms with Gasteiger partial charge >= 0.3 is 0 Å². The van der Waals surface area contributed by atoms with Crippen LogP contribution in [0, 0.1) is 5.92 Å². The molecule has 14 heavy (non-hydrogen) atoms. The molecule has 0 aromatic carbocycles. The van der Waals surface area contributed by atoms with Crippen LogP contribution in [0.4, 0.5) is 0 Å². The number of piperidine rings is 1. The summed E-state index contributed by atoms with van der Waals surface area (Å²) in [6.07, 6.45) is 2.61. The quantitative estimate of drug-likeness (QED) is 0.807. The van der Waals surface area contributed by atoms with Crippen LogP contribution in [0.3, 0.4) is 0 Å². The van der Waals surface area contributed by atoms with Crippen molar-refractivity contribution < 1.29 is 4.74 Å². The maximum atomic E-state index is 5.51. The highest BCUT2D eigenvalue weighted by atomic mass is 35.5. The van der Waals surface area contributed by atoms with E-state index in [4.69, 9.17) is 10.5 Å². The Morgan fingerprint density at radius 3 is 2.71 bits per heavy atom. The molecule has 0 radical (unpaired) electrons. The summed E-state index contributed by atoms with van der Waals surface area (Å²) in [5.41, 5.74) is 5.51. The van der Waals surface area contributed by atoms with Crippen LogP contribution in [0.25, 0.3) is 0 Å². The van der Waals surface area contributed by atoms with Crippen molar-refractivity contribution in [2.75, 3.05) is 39.9 Å². The number of nitrogens with two attached hydrogens (primary N) is 1. The molecule has 0 aromatic rings. The van der Waals surface area contributed by atoms with E-state index >= 15 is 0 Å². The Hall–Kier alpha value is 0.460. The Bertz CT molecular complexity index is 111. The second-order valence-electron chi connectivity index (χ2n) is 3.55. The molecule has 0 amide bonds. The second kappa shape index (κ2) is 9.99. The van der Waals surface area contributed by atoms with E-state index in [1.165, 1.54) is 25.9 Å². The van der Waals surface area contributed by atoms with E-state index in [0.29, 0.717) is 0 Å². The molecule has 1 aliphatic heterocycles. The average molecular weight is 245 g/mol. The molecule has 1 aliphatic rings. The second-order valence-corrected chi connectivity index (χ2v) is 3.55. The summed E-state index contributed by atoms with van der Waals surface area (Å²) in [4.78, 5) is 2.44. The van der Waals surface area contributed by atoms with Crippen molar-refractivity contribution in [2.24, 2.45) is 11.7 Å². The van der Waals surface area contributed by atoms with Gasteiger partial charge in [0.15, 0.2) is 0 Å². The van der Waals surface area contributed by atoms with E-state index in [1.807, 2.05) is 0 Å². The van der Waals surface area contributed by atoms with Crippen molar-refractivity contribution in [3.05, 3.63) is 0 Å². The zero-order valence-electron chi connectivity index (χ0n) is 8.78. The lowest BCUT2D eigenvalue weighted by atomic mass is 9.99. The molecule has 0 aliphatic carbocycles. The first-order valence-electron chi connectivity index (χ1n) is 4.78. The van der Waals surface area contributed by atoms with Crippen LogP contribution < -0.4 is 5.73 Å². The maximum Gasteiger partial charge on any atom is 0.0502 e. The van der Waals surface area contributed by atoms with Crippen LogP contribution in [0.1, 0.15) is 12.8 Å². The zero-order valence-corrected chi connectivity index (χ0v) is 10.4. The van der Waals surface area contributed by atoms with Gasteiger partial charge in [-0.1, -0.05) is 0 Å². The van der Waals surface area contributed by atoms with Crippen LogP contribution in [-0.2, 0) is 4.74 Å². The van der Waals surface area contributed by atoms with Gasteiger partial charge < -0.3 is 15.4 Å². The molecule has 0 saturated carbocycles. The van der Waals surface area contributed by atoms with Crippen molar-refractivity contribution in [1.82, 2.24) is 4.90 Å². The Morgan fingerprint density at radius 2 is 2.14 bits per heavy atom. The van der Waals surface area contributed by atoms with Gasteiger partial charge in [-0.05, 0) is 25.3 Å². The van der Waals surface area contributed by atoms with Crippen LogP contribution in [0.15, 0.2) is 0 Å². The van der Waals surface area contributed by atoms with Gasteiger partial charge in [0.25, 0.3) is 0 Å². The minimum absolute atomic E-state index is 0. The highest BCUT2D eigenvalue weighted by Gasteiger charge is 2.18. The molecule has 0 spiro atoms. The first-order valence-corrected chi connectivity index (χ1v) is 4.78. The first-order chi connectivity index (χ1) is 5.86. The summed E-state index contributed by atoms with van der Waals surface area (Å²) in [7, 11) is 1.78. The average Bonchev–Trinajstić information content (AvgIpc) is 2.06. The van der Waals surface area contributed by atoms with Crippen LogP contribution >= 0.6 is 24.8 Å². The Labute approximate surface area is 99.2 Å². The smallest absolute Gasteiger partial charge is 0.0502 e. The highest BCUT2D eigenvalue weighted by molar-refractivity contribution is 5.85. The maximum absolute atomic E-state index is 5.51. The summed E-state index contributed by atoms with van der Waals surface area (Å²) >= 11 is 0. The number of likely N-dealkylation sites (tertiary alicyclic amines) is 1. The lowest BCUT2D eigenvalue weighted by Gasteiger charge is -2.31. The molecule has 1 saturated heterocycles. The molecule has 3 nitrogen and oxygen atoms in total. The summed E-state index contributed by atoms with van der Waals surface area (Å²) in [6.45, 7) is 5.11. The SMILES string of the molecule is COCC1CCCN(CCN)C1.Cl.Cl. The van der Waals surface area contributed by atoms with Gasteiger partial charge in [0.05, 0.1) is 6.61 Å². The normalized spacial score (nSPS) is 22.3. The molecule has 88 valence electrons. The lowest BCUT2D eigenvalue weighted by molar-refractivity contribution is 0.0921. The number of rotatable bonds is 4. The Morgan fingerprint density at radius 1 is 1.43 bits per heavy atom. The van der Waals surface area contributed by atoms with Crippen molar-refractivity contribution in [3.8, 4) is 0 Å². The fourth-order valence-corrected chi connectivity index (χ4v) is 1.91. The van der Waals surface area contributed by atoms with Gasteiger partial charge in [0.2, 0.25) is 0 Å². The van der Waals surface area contributed by atoms with Gasteiger partial charge in [-0.25, -0.2) is 0 Å². The van der Waals surface area contributed by atoms with E-state index in [2.05, 4.69) is 4.90 Å². The third kappa shape index (κ3) is 6.04. The summed E-state index contributed by atoms with van der Waals surface area (Å²) in [5, 5.41) is 0. The molecule has 5 heteroatoms. The summed E-state index contributed by atoms with van der Waals surface area (Å²) < 4.78 is 5.15. The van der Waals surface area contributed by atoms with E-state index in [-0.39, 0.29) is 24.8 Å². The molecule has 2 N–H and O–H groups in total. The van der Waals surface area contributed by atoms with Crippen LogP contribution in [0.5, 0.6) is 0 Å². The molecule has 1 atom stereocenters. The summed E-state index contributed by atoms with van der Waals surface area (Å²) in [6, 6.07) is 0. The predicted molar refractivity (Wildman–Crippen MR) is 64.6 cm³/mol. The number of methoxy groups -OCH3 is 1. The van der Waals surface area contributed by atoms with E-state index in [0.717, 1.165) is 25.6 Å². The Balaban J connectivity index is 0. The van der Waals surface area contributed by atoms with Crippen molar-refractivity contribution in [2.45, 2.75) is 12.8 Å². The Kier molecular flexibility index (Phi) is 12.0. The molecular weight excluding hydrogens is 223 g/mol. The molecule has 0 bridgehead atoms. The molecule has 1 fully saturated rings. The monoisotopic (exact) mass is 244 g/mol. The van der Waals surface area contributed by atoms with Gasteiger partial charge in [-0.2, -0.15) is 0 Å². The third-order valence-corrected chi connectivity index (χ3v) is 2.45. The standard InChI is InChI=1S/C9H20N2O.2ClH/c1-12-8-9-3-2-5-11(7-9)6-4-10;;/h9H,2-8,10H2,1H3;2*1H. The van der Waals surface area contributed by atoms with E-state index in [1.54, 1.807) is 7.11 Å². The van der Waals surface area contributed by atoms with Gasteiger partial charge in [0.1, 0.15) is 0 Å². The first kappa shape index (κ1) is 16.9. The minimum Gasteiger partial charge on any atom is -0.384 e. The minimum atomic E-state index is 0. The number of hydrogen-bond donors (Lipinski definition) is 1. The third-order valence-electron chi connectivity index (χ3n) is 2.45. The van der Waals surface area contributed by atoms with Crippen LogP contribution in [0.2, 0.25) is 0 Å². The molecule has 1 heterocycles. The van der Waals surface area contributed by atoms with Crippen molar-refractivity contribution in [3.63, 3.8) is 0 Å². The van der Waals surface area contributed by atoms with E-state index in [9.17, 15) is 0 Å². The zero-order chi connectivity index (χ0) is 8.81. The van der Waals surface area contributed by atoms with Crippen molar-refractivity contribution >= 4 is 24.8 Å². The number of halogens is 2. The molecule has 1 rings (SSSR count). The summed E-state index contributed by atoms with van der Waals surface area (Å²) in [5.74, 6) is 0.732. The van der Waals surface area contributed by atoms with Gasteiger partial charge in [-0.15, -0.1) is 24.8 Å². The number of nitrogens with zero attached hydrogens (tertiary/aromatic N) is 1. The highest BCUT2D eigenvalue weighted by Crippen LogP contribution is 2.15. The molecule has 1 unspecified atom stereocenters. The van der Waals surface area contributed by atoms with Gasteiger partial charge in [-0.3, -0.25) is 0 Å². The van der Waals surface area contributed by atoms with Gasteiger partial charge in [0, 0.05) is 26.7 Å². The van der Waals surface area contributed by atoms with Crippen molar-refractivity contribution in [1.29, 1.82) is 0 Å². The van der Waals surface area contributed by atoms with E-state index < -0.39 is 0 Å². The lowest BCUT2D eigenvalue weighted by Crippen LogP contribution is -2.39. The molecular formula is C9H22Cl2N2O. The fourth-order valence-electron chi connectivity index (χ4n) is 1.91. The predicted octanol–water partition coefficient (Wildman–Crippen LogP) is 1.15. The molecule has 0 aromatic heterocycles. The number of hydrogen-bond acceptors (Lipinski definition) is 3. The topological polar surface area (TPSA) is 38.5 Å².